The van der Waals surface area contributed by atoms with Crippen molar-refractivity contribution in [3.8, 4) is 0 Å². The molecular weight excluding hydrogens is 270 g/mol. The van der Waals surface area contributed by atoms with Crippen molar-refractivity contribution in [3.05, 3.63) is 34.3 Å². The summed E-state index contributed by atoms with van der Waals surface area (Å²) in [6.45, 7) is 0.297. The summed E-state index contributed by atoms with van der Waals surface area (Å²) in [6, 6.07) is 7.68. The number of esters is 1. The molecule has 0 spiro atoms. The van der Waals surface area contributed by atoms with Gasteiger partial charge >= 0.3 is 5.97 Å². The number of benzene rings is 1. The van der Waals surface area contributed by atoms with Crippen LogP contribution < -0.4 is 5.73 Å². The zero-order valence-corrected chi connectivity index (χ0v) is 10.5. The standard InChI is InChI=1S/C12H14BrNO2/c13-10-4-2-9(3-5-10)8-16-11(15)12(14)6-1-7-12/h2-5H,1,6-8,14H2. The number of nitrogens with two attached hydrogens (primary N) is 1. The van der Waals surface area contributed by atoms with Crippen molar-refractivity contribution >= 4 is 21.9 Å². The van der Waals surface area contributed by atoms with Gasteiger partial charge in [-0.2, -0.15) is 0 Å². The molecular formula is C12H14BrNO2. The van der Waals surface area contributed by atoms with E-state index in [-0.39, 0.29) is 5.97 Å². The number of halogens is 1. The molecule has 1 aliphatic rings. The number of carbonyl (C=O) groups excluding carboxylic acids is 1. The summed E-state index contributed by atoms with van der Waals surface area (Å²) in [6.07, 6.45) is 2.50. The molecule has 1 aromatic rings. The van der Waals surface area contributed by atoms with Crippen molar-refractivity contribution in [2.24, 2.45) is 5.73 Å². The van der Waals surface area contributed by atoms with Gasteiger partial charge in [0.1, 0.15) is 12.1 Å². The van der Waals surface area contributed by atoms with Gasteiger partial charge in [0.25, 0.3) is 0 Å². The molecule has 16 heavy (non-hydrogen) atoms. The van der Waals surface area contributed by atoms with Crippen molar-refractivity contribution in [1.29, 1.82) is 0 Å². The highest BCUT2D eigenvalue weighted by Crippen LogP contribution is 2.30. The molecule has 1 aliphatic carbocycles. The molecule has 0 radical (unpaired) electrons. The van der Waals surface area contributed by atoms with Crippen molar-refractivity contribution in [1.82, 2.24) is 0 Å². The Morgan fingerprint density at radius 2 is 2.00 bits per heavy atom. The van der Waals surface area contributed by atoms with Gasteiger partial charge in [0.05, 0.1) is 0 Å². The lowest BCUT2D eigenvalue weighted by Crippen LogP contribution is -2.54. The predicted molar refractivity (Wildman–Crippen MR) is 64.7 cm³/mol. The molecule has 0 aliphatic heterocycles. The number of rotatable bonds is 3. The Morgan fingerprint density at radius 1 is 1.38 bits per heavy atom. The third-order valence-corrected chi connectivity index (χ3v) is 3.46. The van der Waals surface area contributed by atoms with Crippen LogP contribution in [0.5, 0.6) is 0 Å². The predicted octanol–water partition coefficient (Wildman–Crippen LogP) is 2.37. The molecule has 0 aromatic heterocycles. The summed E-state index contributed by atoms with van der Waals surface area (Å²) in [5.41, 5.74) is 6.11. The molecule has 4 heteroatoms. The highest BCUT2D eigenvalue weighted by atomic mass is 79.9. The second kappa shape index (κ2) is 4.55. The van der Waals surface area contributed by atoms with E-state index in [1.807, 2.05) is 24.3 Å². The van der Waals surface area contributed by atoms with Crippen LogP contribution in [0.25, 0.3) is 0 Å². The number of hydrogen-bond donors (Lipinski definition) is 1. The highest BCUT2D eigenvalue weighted by molar-refractivity contribution is 9.10. The Balaban J connectivity index is 1.87. The number of carbonyl (C=O) groups is 1. The minimum atomic E-state index is -0.713. The van der Waals surface area contributed by atoms with E-state index in [0.29, 0.717) is 6.61 Å². The van der Waals surface area contributed by atoms with Gasteiger partial charge in [0.15, 0.2) is 0 Å². The normalized spacial score (nSPS) is 17.6. The van der Waals surface area contributed by atoms with E-state index in [0.717, 1.165) is 29.3 Å². The fraction of sp³-hybridized carbons (Fsp3) is 0.417. The molecule has 0 saturated heterocycles. The average Bonchev–Trinajstić information content (AvgIpc) is 2.24. The van der Waals surface area contributed by atoms with Crippen molar-refractivity contribution < 1.29 is 9.53 Å². The van der Waals surface area contributed by atoms with Gasteiger partial charge in [0, 0.05) is 4.47 Å². The molecule has 86 valence electrons. The van der Waals surface area contributed by atoms with E-state index >= 15 is 0 Å². The van der Waals surface area contributed by atoms with E-state index in [1.165, 1.54) is 0 Å². The average molecular weight is 284 g/mol. The lowest BCUT2D eigenvalue weighted by Gasteiger charge is -2.35. The van der Waals surface area contributed by atoms with Gasteiger partial charge in [-0.25, -0.2) is 0 Å². The molecule has 0 unspecified atom stereocenters. The van der Waals surface area contributed by atoms with Crippen LogP contribution in [0.15, 0.2) is 28.7 Å². The third kappa shape index (κ3) is 2.44. The van der Waals surface area contributed by atoms with Crippen LogP contribution >= 0.6 is 15.9 Å². The third-order valence-electron chi connectivity index (χ3n) is 2.94. The fourth-order valence-corrected chi connectivity index (χ4v) is 1.90. The molecule has 0 heterocycles. The van der Waals surface area contributed by atoms with E-state index in [1.54, 1.807) is 0 Å². The van der Waals surface area contributed by atoms with Crippen LogP contribution in [0.4, 0.5) is 0 Å². The Hall–Kier alpha value is -0.870. The quantitative estimate of drug-likeness (QED) is 0.867. The summed E-state index contributed by atoms with van der Waals surface area (Å²) in [5, 5.41) is 0. The monoisotopic (exact) mass is 283 g/mol. The second-order valence-electron chi connectivity index (χ2n) is 4.21. The van der Waals surface area contributed by atoms with Gasteiger partial charge in [-0.15, -0.1) is 0 Å². The van der Waals surface area contributed by atoms with E-state index in [4.69, 9.17) is 10.5 Å². The lowest BCUT2D eigenvalue weighted by atomic mass is 9.78. The smallest absolute Gasteiger partial charge is 0.326 e. The molecule has 2 rings (SSSR count). The molecule has 1 fully saturated rings. The maximum atomic E-state index is 11.6. The Labute approximate surface area is 103 Å². The van der Waals surface area contributed by atoms with Crippen LogP contribution in [0.2, 0.25) is 0 Å². The first-order chi connectivity index (χ1) is 7.60. The first kappa shape index (κ1) is 11.6. The number of hydrogen-bond acceptors (Lipinski definition) is 3. The first-order valence-electron chi connectivity index (χ1n) is 5.31. The first-order valence-corrected chi connectivity index (χ1v) is 6.10. The van der Waals surface area contributed by atoms with Gasteiger partial charge < -0.3 is 10.5 Å². The van der Waals surface area contributed by atoms with Crippen LogP contribution in [0.1, 0.15) is 24.8 Å². The van der Waals surface area contributed by atoms with Gasteiger partial charge in [-0.1, -0.05) is 28.1 Å². The van der Waals surface area contributed by atoms with Crippen LogP contribution in [0.3, 0.4) is 0 Å². The van der Waals surface area contributed by atoms with Crippen LogP contribution in [-0.4, -0.2) is 11.5 Å². The molecule has 2 N–H and O–H groups in total. The summed E-state index contributed by atoms with van der Waals surface area (Å²) in [4.78, 5) is 11.6. The van der Waals surface area contributed by atoms with Crippen molar-refractivity contribution in [2.75, 3.05) is 0 Å². The molecule has 0 atom stereocenters. The number of ether oxygens (including phenoxy) is 1. The molecule has 1 aromatic carbocycles. The fourth-order valence-electron chi connectivity index (χ4n) is 1.64. The molecule has 1 saturated carbocycles. The molecule has 0 bridgehead atoms. The lowest BCUT2D eigenvalue weighted by molar-refractivity contribution is -0.155. The minimum Gasteiger partial charge on any atom is -0.459 e. The summed E-state index contributed by atoms with van der Waals surface area (Å²) in [7, 11) is 0. The molecule has 0 amide bonds. The Kier molecular flexibility index (Phi) is 3.30. The Bertz CT molecular complexity index is 385. The SMILES string of the molecule is NC1(C(=O)OCc2ccc(Br)cc2)CCC1. The van der Waals surface area contributed by atoms with Crippen molar-refractivity contribution in [2.45, 2.75) is 31.4 Å². The van der Waals surface area contributed by atoms with E-state index in [9.17, 15) is 4.79 Å². The van der Waals surface area contributed by atoms with Gasteiger partial charge in [-0.05, 0) is 37.0 Å². The minimum absolute atomic E-state index is 0.276. The van der Waals surface area contributed by atoms with E-state index < -0.39 is 5.54 Å². The Morgan fingerprint density at radius 3 is 2.50 bits per heavy atom. The maximum absolute atomic E-state index is 11.6. The van der Waals surface area contributed by atoms with Gasteiger partial charge in [0.2, 0.25) is 0 Å². The van der Waals surface area contributed by atoms with E-state index in [2.05, 4.69) is 15.9 Å². The van der Waals surface area contributed by atoms with Crippen LogP contribution in [-0.2, 0) is 16.1 Å². The highest BCUT2D eigenvalue weighted by Gasteiger charge is 2.41. The largest absolute Gasteiger partial charge is 0.459 e. The zero-order chi connectivity index (χ0) is 11.6. The summed E-state index contributed by atoms with van der Waals surface area (Å²) >= 11 is 3.35. The molecule has 3 nitrogen and oxygen atoms in total. The zero-order valence-electron chi connectivity index (χ0n) is 8.91. The van der Waals surface area contributed by atoms with Gasteiger partial charge in [-0.3, -0.25) is 4.79 Å². The second-order valence-corrected chi connectivity index (χ2v) is 5.13. The topological polar surface area (TPSA) is 52.3 Å². The maximum Gasteiger partial charge on any atom is 0.326 e. The summed E-state index contributed by atoms with van der Waals surface area (Å²) in [5.74, 6) is -0.276. The summed E-state index contributed by atoms with van der Waals surface area (Å²) < 4.78 is 6.21. The van der Waals surface area contributed by atoms with Crippen LogP contribution in [0, 0.1) is 0 Å². The van der Waals surface area contributed by atoms with Crippen molar-refractivity contribution in [3.63, 3.8) is 0 Å².